The fourth-order valence-electron chi connectivity index (χ4n) is 1.52. The van der Waals surface area contributed by atoms with Gasteiger partial charge in [-0.25, -0.2) is 0 Å². The van der Waals surface area contributed by atoms with Crippen LogP contribution < -0.4 is 0 Å². The maximum atomic E-state index is 5.54. The van der Waals surface area contributed by atoms with Crippen LogP contribution in [0.15, 0.2) is 12.2 Å². The molecule has 1 heteroatoms. The normalized spacial score (nSPS) is 32.0. The highest BCUT2D eigenvalue weighted by molar-refractivity contribution is 5.05. The molecule has 1 heterocycles. The first-order chi connectivity index (χ1) is 4.62. The van der Waals surface area contributed by atoms with Gasteiger partial charge in [0, 0.05) is 0 Å². The molecule has 0 amide bonds. The molecule has 0 radical (unpaired) electrons. The zero-order valence-electron chi connectivity index (χ0n) is 7.05. The minimum absolute atomic E-state index is 0.0359. The topological polar surface area (TPSA) is 9.23 Å². The SMILES string of the molecule is CC(C)C[C@]1(C)C=CCO1. The molecule has 1 aliphatic rings. The molecule has 1 aliphatic heterocycles. The summed E-state index contributed by atoms with van der Waals surface area (Å²) in [6, 6.07) is 0. The molecule has 1 rings (SSSR count). The number of hydrogen-bond acceptors (Lipinski definition) is 1. The third kappa shape index (κ3) is 1.84. The van der Waals surface area contributed by atoms with Gasteiger partial charge >= 0.3 is 0 Å². The Morgan fingerprint density at radius 3 is 2.70 bits per heavy atom. The van der Waals surface area contributed by atoms with E-state index in [0.29, 0.717) is 5.92 Å². The minimum Gasteiger partial charge on any atom is -0.367 e. The van der Waals surface area contributed by atoms with Gasteiger partial charge in [-0.05, 0) is 19.3 Å². The Bertz CT molecular complexity index is 138. The highest BCUT2D eigenvalue weighted by Crippen LogP contribution is 2.25. The second kappa shape index (κ2) is 2.75. The average Bonchev–Trinajstić information content (AvgIpc) is 2.12. The lowest BCUT2D eigenvalue weighted by molar-refractivity contribution is 0.0252. The molecular formula is C9H16O. The summed E-state index contributed by atoms with van der Waals surface area (Å²) in [5, 5.41) is 0. The Labute approximate surface area is 63.1 Å². The van der Waals surface area contributed by atoms with E-state index in [9.17, 15) is 0 Å². The van der Waals surface area contributed by atoms with Gasteiger partial charge in [-0.15, -0.1) is 0 Å². The Kier molecular flexibility index (Phi) is 2.14. The third-order valence-corrected chi connectivity index (χ3v) is 1.79. The first-order valence-corrected chi connectivity index (χ1v) is 3.94. The van der Waals surface area contributed by atoms with Crippen molar-refractivity contribution in [3.8, 4) is 0 Å². The van der Waals surface area contributed by atoms with Gasteiger partial charge < -0.3 is 4.74 Å². The van der Waals surface area contributed by atoms with Crippen LogP contribution in [-0.2, 0) is 4.74 Å². The van der Waals surface area contributed by atoms with E-state index in [0.717, 1.165) is 13.0 Å². The minimum atomic E-state index is 0.0359. The Hall–Kier alpha value is -0.300. The van der Waals surface area contributed by atoms with Crippen molar-refractivity contribution in [2.45, 2.75) is 32.8 Å². The molecular weight excluding hydrogens is 124 g/mol. The van der Waals surface area contributed by atoms with Crippen molar-refractivity contribution in [1.82, 2.24) is 0 Å². The standard InChI is InChI=1S/C9H16O/c1-8(2)7-9(3)5-4-6-10-9/h4-5,8H,6-7H2,1-3H3/t9-/m0/s1. The van der Waals surface area contributed by atoms with E-state index in [4.69, 9.17) is 4.74 Å². The van der Waals surface area contributed by atoms with Crippen LogP contribution in [0.25, 0.3) is 0 Å². The lowest BCUT2D eigenvalue weighted by Crippen LogP contribution is -2.24. The molecule has 10 heavy (non-hydrogen) atoms. The predicted molar refractivity (Wildman–Crippen MR) is 43.0 cm³/mol. The molecule has 0 saturated carbocycles. The predicted octanol–water partition coefficient (Wildman–Crippen LogP) is 2.38. The Balaban J connectivity index is 2.44. The van der Waals surface area contributed by atoms with Gasteiger partial charge in [-0.3, -0.25) is 0 Å². The van der Waals surface area contributed by atoms with Gasteiger partial charge in [0.05, 0.1) is 12.2 Å². The highest BCUT2D eigenvalue weighted by atomic mass is 16.5. The molecule has 0 spiro atoms. The van der Waals surface area contributed by atoms with Crippen molar-refractivity contribution >= 4 is 0 Å². The lowest BCUT2D eigenvalue weighted by atomic mass is 9.95. The molecule has 0 aromatic rings. The van der Waals surface area contributed by atoms with Crippen molar-refractivity contribution in [3.63, 3.8) is 0 Å². The van der Waals surface area contributed by atoms with Crippen molar-refractivity contribution in [1.29, 1.82) is 0 Å². The Morgan fingerprint density at radius 2 is 2.30 bits per heavy atom. The van der Waals surface area contributed by atoms with Crippen molar-refractivity contribution in [2.75, 3.05) is 6.61 Å². The largest absolute Gasteiger partial charge is 0.367 e. The van der Waals surface area contributed by atoms with E-state index in [1.54, 1.807) is 0 Å². The molecule has 0 aromatic heterocycles. The number of rotatable bonds is 2. The van der Waals surface area contributed by atoms with Crippen LogP contribution in [0.1, 0.15) is 27.2 Å². The molecule has 0 aromatic carbocycles. The van der Waals surface area contributed by atoms with Crippen LogP contribution in [0.3, 0.4) is 0 Å². The summed E-state index contributed by atoms with van der Waals surface area (Å²) in [6.07, 6.45) is 5.40. The summed E-state index contributed by atoms with van der Waals surface area (Å²) in [5.41, 5.74) is 0.0359. The van der Waals surface area contributed by atoms with E-state index >= 15 is 0 Å². The highest BCUT2D eigenvalue weighted by Gasteiger charge is 2.25. The van der Waals surface area contributed by atoms with Crippen LogP contribution in [0.2, 0.25) is 0 Å². The van der Waals surface area contributed by atoms with Gasteiger partial charge in [-0.1, -0.05) is 26.0 Å². The van der Waals surface area contributed by atoms with E-state index in [2.05, 4.69) is 32.9 Å². The number of ether oxygens (including phenoxy) is 1. The van der Waals surface area contributed by atoms with E-state index in [1.165, 1.54) is 0 Å². The molecule has 1 nitrogen and oxygen atoms in total. The van der Waals surface area contributed by atoms with Gasteiger partial charge in [0.1, 0.15) is 0 Å². The first kappa shape index (κ1) is 7.80. The Morgan fingerprint density at radius 1 is 1.60 bits per heavy atom. The maximum absolute atomic E-state index is 5.54. The fraction of sp³-hybridized carbons (Fsp3) is 0.778. The molecule has 0 fully saturated rings. The lowest BCUT2D eigenvalue weighted by Gasteiger charge is -2.23. The smallest absolute Gasteiger partial charge is 0.0841 e. The summed E-state index contributed by atoms with van der Waals surface area (Å²) >= 11 is 0. The molecule has 0 aliphatic carbocycles. The van der Waals surface area contributed by atoms with E-state index in [1.807, 2.05) is 0 Å². The summed E-state index contributed by atoms with van der Waals surface area (Å²) in [7, 11) is 0. The van der Waals surface area contributed by atoms with Gasteiger partial charge in [0.25, 0.3) is 0 Å². The summed E-state index contributed by atoms with van der Waals surface area (Å²) in [5.74, 6) is 0.716. The zero-order chi connectivity index (χ0) is 7.61. The summed E-state index contributed by atoms with van der Waals surface area (Å²) < 4.78 is 5.54. The molecule has 0 saturated heterocycles. The number of hydrogen-bond donors (Lipinski definition) is 0. The molecule has 58 valence electrons. The maximum Gasteiger partial charge on any atom is 0.0841 e. The van der Waals surface area contributed by atoms with Gasteiger partial charge in [0.15, 0.2) is 0 Å². The molecule has 0 bridgehead atoms. The van der Waals surface area contributed by atoms with Crippen LogP contribution >= 0.6 is 0 Å². The average molecular weight is 140 g/mol. The van der Waals surface area contributed by atoms with Gasteiger partial charge in [-0.2, -0.15) is 0 Å². The fourth-order valence-corrected chi connectivity index (χ4v) is 1.52. The zero-order valence-corrected chi connectivity index (χ0v) is 7.05. The van der Waals surface area contributed by atoms with Crippen LogP contribution in [0.4, 0.5) is 0 Å². The molecule has 0 unspecified atom stereocenters. The summed E-state index contributed by atoms with van der Waals surface area (Å²) in [4.78, 5) is 0. The monoisotopic (exact) mass is 140 g/mol. The van der Waals surface area contributed by atoms with Crippen LogP contribution in [0, 0.1) is 5.92 Å². The van der Waals surface area contributed by atoms with E-state index < -0.39 is 0 Å². The van der Waals surface area contributed by atoms with Crippen molar-refractivity contribution in [3.05, 3.63) is 12.2 Å². The second-order valence-electron chi connectivity index (χ2n) is 3.62. The van der Waals surface area contributed by atoms with Crippen molar-refractivity contribution in [2.24, 2.45) is 5.92 Å². The quantitative estimate of drug-likeness (QED) is 0.535. The second-order valence-corrected chi connectivity index (χ2v) is 3.62. The van der Waals surface area contributed by atoms with E-state index in [-0.39, 0.29) is 5.60 Å². The molecule has 1 atom stereocenters. The van der Waals surface area contributed by atoms with Crippen molar-refractivity contribution < 1.29 is 4.74 Å². The first-order valence-electron chi connectivity index (χ1n) is 3.94. The van der Waals surface area contributed by atoms with Crippen LogP contribution in [0.5, 0.6) is 0 Å². The molecule has 0 N–H and O–H groups in total. The van der Waals surface area contributed by atoms with Gasteiger partial charge in [0.2, 0.25) is 0 Å². The third-order valence-electron chi connectivity index (χ3n) is 1.79. The summed E-state index contributed by atoms with van der Waals surface area (Å²) in [6.45, 7) is 7.39. The van der Waals surface area contributed by atoms with Crippen LogP contribution in [-0.4, -0.2) is 12.2 Å².